The summed E-state index contributed by atoms with van der Waals surface area (Å²) in [6, 6.07) is 4.39. The molecule has 134 valence electrons. The van der Waals surface area contributed by atoms with Gasteiger partial charge in [-0.25, -0.2) is 4.79 Å². The molecule has 2 heterocycles. The van der Waals surface area contributed by atoms with Crippen molar-refractivity contribution in [1.29, 1.82) is 0 Å². The molecule has 1 aliphatic heterocycles. The molecule has 1 aromatic carbocycles. The Morgan fingerprint density at radius 3 is 2.72 bits per heavy atom. The van der Waals surface area contributed by atoms with Crippen LogP contribution in [0.2, 0.25) is 0 Å². The van der Waals surface area contributed by atoms with Gasteiger partial charge in [0.05, 0.1) is 23.0 Å². The van der Waals surface area contributed by atoms with Gasteiger partial charge in [0, 0.05) is 18.2 Å². The maximum absolute atomic E-state index is 12.5. The molecule has 0 spiro atoms. The molecule has 1 aromatic heterocycles. The van der Waals surface area contributed by atoms with Gasteiger partial charge in [-0.1, -0.05) is 0 Å². The molecule has 2 atom stereocenters. The second kappa shape index (κ2) is 6.84. The number of hydrogen-bond donors (Lipinski definition) is 2. The maximum Gasteiger partial charge on any atom is 0.329 e. The molecule has 0 saturated carbocycles. The van der Waals surface area contributed by atoms with Crippen LogP contribution in [0.15, 0.2) is 27.8 Å². The zero-order valence-electron chi connectivity index (χ0n) is 14.7. The van der Waals surface area contributed by atoms with Crippen molar-refractivity contribution >= 4 is 16.8 Å². The first-order chi connectivity index (χ1) is 11.9. The predicted octanol–water partition coefficient (Wildman–Crippen LogP) is 1.57. The van der Waals surface area contributed by atoms with Gasteiger partial charge in [-0.15, -0.1) is 0 Å². The third kappa shape index (κ3) is 3.37. The Balaban J connectivity index is 1.90. The SMILES string of the molecule is CC(C)n1c(=O)[nH]c2cc(C(=O)N[C@@H](C)[C@@H]3CCCO3)ccc2c1=O. The zero-order chi connectivity index (χ0) is 18.1. The van der Waals surface area contributed by atoms with E-state index in [2.05, 4.69) is 10.3 Å². The number of benzene rings is 1. The Bertz CT molecular complexity index is 907. The van der Waals surface area contributed by atoms with E-state index in [4.69, 9.17) is 4.74 Å². The summed E-state index contributed by atoms with van der Waals surface area (Å²) in [4.78, 5) is 39.7. The number of carbonyl (C=O) groups is 1. The van der Waals surface area contributed by atoms with E-state index in [1.807, 2.05) is 6.92 Å². The first-order valence-corrected chi connectivity index (χ1v) is 8.59. The van der Waals surface area contributed by atoms with E-state index >= 15 is 0 Å². The molecule has 3 rings (SSSR count). The summed E-state index contributed by atoms with van der Waals surface area (Å²) in [5.41, 5.74) is -0.0646. The number of aromatic nitrogens is 2. The first kappa shape index (κ1) is 17.4. The Kier molecular flexibility index (Phi) is 4.76. The number of rotatable bonds is 4. The molecule has 2 N–H and O–H groups in total. The van der Waals surface area contributed by atoms with Gasteiger partial charge in [0.1, 0.15) is 0 Å². The molecule has 2 aromatic rings. The number of amides is 1. The summed E-state index contributed by atoms with van der Waals surface area (Å²) in [6.07, 6.45) is 1.97. The molecule has 0 unspecified atom stereocenters. The number of hydrogen-bond acceptors (Lipinski definition) is 4. The fraction of sp³-hybridized carbons (Fsp3) is 0.500. The second-order valence-corrected chi connectivity index (χ2v) is 6.77. The van der Waals surface area contributed by atoms with Crippen molar-refractivity contribution in [2.75, 3.05) is 6.61 Å². The summed E-state index contributed by atoms with van der Waals surface area (Å²) >= 11 is 0. The van der Waals surface area contributed by atoms with Crippen molar-refractivity contribution in [3.05, 3.63) is 44.6 Å². The van der Waals surface area contributed by atoms with Crippen LogP contribution in [0.3, 0.4) is 0 Å². The number of H-pyrrole nitrogens is 1. The van der Waals surface area contributed by atoms with Crippen molar-refractivity contribution in [2.24, 2.45) is 0 Å². The van der Waals surface area contributed by atoms with Gasteiger partial charge >= 0.3 is 5.69 Å². The Labute approximate surface area is 145 Å². The van der Waals surface area contributed by atoms with Crippen molar-refractivity contribution in [2.45, 2.75) is 51.8 Å². The predicted molar refractivity (Wildman–Crippen MR) is 95.1 cm³/mol. The van der Waals surface area contributed by atoms with E-state index < -0.39 is 5.69 Å². The molecular formula is C18H23N3O4. The Hall–Kier alpha value is -2.41. The van der Waals surface area contributed by atoms with Gasteiger partial charge < -0.3 is 15.0 Å². The standard InChI is InChI=1S/C18H23N3O4/c1-10(2)21-17(23)13-7-6-12(9-14(13)20-18(21)24)16(22)19-11(3)15-5-4-8-25-15/h6-7,9-11,15H,4-5,8H2,1-3H3,(H,19,22)(H,20,24)/t11-,15-/m0/s1. The van der Waals surface area contributed by atoms with Gasteiger partial charge in [-0.05, 0) is 51.8 Å². The summed E-state index contributed by atoms with van der Waals surface area (Å²) in [5, 5.41) is 3.31. The van der Waals surface area contributed by atoms with Crippen molar-refractivity contribution in [3.8, 4) is 0 Å². The van der Waals surface area contributed by atoms with Crippen molar-refractivity contribution in [1.82, 2.24) is 14.9 Å². The van der Waals surface area contributed by atoms with Crippen LogP contribution in [-0.4, -0.2) is 34.2 Å². The third-order valence-corrected chi connectivity index (χ3v) is 4.59. The summed E-state index contributed by atoms with van der Waals surface area (Å²) < 4.78 is 6.75. The number of carbonyl (C=O) groups excluding carboxylic acids is 1. The van der Waals surface area contributed by atoms with E-state index in [1.165, 1.54) is 4.57 Å². The molecule has 1 aliphatic rings. The highest BCUT2D eigenvalue weighted by atomic mass is 16.5. The van der Waals surface area contributed by atoms with Crippen LogP contribution in [0.25, 0.3) is 10.9 Å². The molecule has 1 amide bonds. The number of fused-ring (bicyclic) bond motifs is 1. The average molecular weight is 345 g/mol. The Morgan fingerprint density at radius 1 is 1.32 bits per heavy atom. The minimum atomic E-state index is -0.474. The van der Waals surface area contributed by atoms with Crippen molar-refractivity contribution < 1.29 is 9.53 Å². The number of aromatic amines is 1. The average Bonchev–Trinajstić information content (AvgIpc) is 3.08. The van der Waals surface area contributed by atoms with Crippen molar-refractivity contribution in [3.63, 3.8) is 0 Å². The molecule has 7 nitrogen and oxygen atoms in total. The van der Waals surface area contributed by atoms with Gasteiger partial charge in [0.25, 0.3) is 11.5 Å². The lowest BCUT2D eigenvalue weighted by Gasteiger charge is -2.20. The zero-order valence-corrected chi connectivity index (χ0v) is 14.7. The topological polar surface area (TPSA) is 93.2 Å². The van der Waals surface area contributed by atoms with Crippen LogP contribution >= 0.6 is 0 Å². The van der Waals surface area contributed by atoms with Crippen LogP contribution < -0.4 is 16.6 Å². The van der Waals surface area contributed by atoms with E-state index in [-0.39, 0.29) is 29.7 Å². The lowest BCUT2D eigenvalue weighted by molar-refractivity contribution is 0.0712. The van der Waals surface area contributed by atoms with E-state index in [1.54, 1.807) is 32.0 Å². The first-order valence-electron chi connectivity index (χ1n) is 8.59. The number of nitrogens with one attached hydrogen (secondary N) is 2. The minimum Gasteiger partial charge on any atom is -0.376 e. The van der Waals surface area contributed by atoms with Crippen LogP contribution in [0.1, 0.15) is 50.0 Å². The van der Waals surface area contributed by atoms with E-state index in [9.17, 15) is 14.4 Å². The van der Waals surface area contributed by atoms with E-state index in [0.29, 0.717) is 16.5 Å². The largest absolute Gasteiger partial charge is 0.376 e. The van der Waals surface area contributed by atoms with Gasteiger partial charge in [0.15, 0.2) is 0 Å². The normalized spacial score (nSPS) is 18.6. The highest BCUT2D eigenvalue weighted by Crippen LogP contribution is 2.16. The van der Waals surface area contributed by atoms with E-state index in [0.717, 1.165) is 19.4 Å². The lowest BCUT2D eigenvalue weighted by Crippen LogP contribution is -2.41. The summed E-state index contributed by atoms with van der Waals surface area (Å²) in [7, 11) is 0. The molecule has 1 fully saturated rings. The molecule has 25 heavy (non-hydrogen) atoms. The number of ether oxygens (including phenoxy) is 1. The van der Waals surface area contributed by atoms with Crippen LogP contribution in [0.5, 0.6) is 0 Å². The third-order valence-electron chi connectivity index (χ3n) is 4.59. The van der Waals surface area contributed by atoms with Crippen LogP contribution in [0.4, 0.5) is 0 Å². The quantitative estimate of drug-likeness (QED) is 0.879. The molecular weight excluding hydrogens is 322 g/mol. The lowest BCUT2D eigenvalue weighted by atomic mass is 10.1. The molecule has 1 saturated heterocycles. The van der Waals surface area contributed by atoms with Crippen LogP contribution in [0, 0.1) is 0 Å². The highest BCUT2D eigenvalue weighted by molar-refractivity contribution is 5.97. The fourth-order valence-corrected chi connectivity index (χ4v) is 3.22. The smallest absolute Gasteiger partial charge is 0.329 e. The van der Waals surface area contributed by atoms with Gasteiger partial charge in [0.2, 0.25) is 0 Å². The summed E-state index contributed by atoms with van der Waals surface area (Å²) in [5.74, 6) is -0.251. The second-order valence-electron chi connectivity index (χ2n) is 6.77. The Morgan fingerprint density at radius 2 is 2.08 bits per heavy atom. The fourth-order valence-electron chi connectivity index (χ4n) is 3.22. The molecule has 0 aliphatic carbocycles. The van der Waals surface area contributed by atoms with Gasteiger partial charge in [-0.3, -0.25) is 14.2 Å². The highest BCUT2D eigenvalue weighted by Gasteiger charge is 2.24. The number of nitrogens with zero attached hydrogens (tertiary/aromatic N) is 1. The maximum atomic E-state index is 12.5. The van der Waals surface area contributed by atoms with Crippen LogP contribution in [-0.2, 0) is 4.74 Å². The van der Waals surface area contributed by atoms with Gasteiger partial charge in [-0.2, -0.15) is 0 Å². The molecule has 7 heteroatoms. The molecule has 0 radical (unpaired) electrons. The monoisotopic (exact) mass is 345 g/mol. The molecule has 0 bridgehead atoms. The summed E-state index contributed by atoms with van der Waals surface area (Å²) in [6.45, 7) is 6.19. The minimum absolute atomic E-state index is 0.0301.